The van der Waals surface area contributed by atoms with Gasteiger partial charge < -0.3 is 9.84 Å². The van der Waals surface area contributed by atoms with Crippen LogP contribution in [0.3, 0.4) is 0 Å². The maximum absolute atomic E-state index is 11.6. The molecule has 2 atom stereocenters. The summed E-state index contributed by atoms with van der Waals surface area (Å²) in [5.41, 5.74) is 0.501. The lowest BCUT2D eigenvalue weighted by atomic mass is 10.1. The topological polar surface area (TPSA) is 66.8 Å². The molecule has 0 radical (unpaired) electrons. The van der Waals surface area contributed by atoms with Gasteiger partial charge in [0.2, 0.25) is 0 Å². The number of carbonyl (C=O) groups is 2. The van der Waals surface area contributed by atoms with E-state index < -0.39 is 24.2 Å². The minimum Gasteiger partial charge on any atom is -0.480 e. The second kappa shape index (κ2) is 4.37. The van der Waals surface area contributed by atoms with Crippen molar-refractivity contribution in [3.63, 3.8) is 0 Å². The fraction of sp³-hybridized carbons (Fsp3) is 0.273. The SMILES string of the molecule is CC1OC(=O)N(c2cccc(Br)c2)C1C(=O)O. The molecule has 90 valence electrons. The molecule has 6 heteroatoms. The molecule has 0 aliphatic carbocycles. The maximum atomic E-state index is 11.6. The van der Waals surface area contributed by atoms with Gasteiger partial charge in [0.05, 0.1) is 0 Å². The number of hydrogen-bond acceptors (Lipinski definition) is 3. The number of hydrogen-bond donors (Lipinski definition) is 1. The molecule has 1 aliphatic rings. The van der Waals surface area contributed by atoms with Gasteiger partial charge in [0, 0.05) is 10.2 Å². The molecule has 17 heavy (non-hydrogen) atoms. The third kappa shape index (κ3) is 2.12. The van der Waals surface area contributed by atoms with E-state index in [1.807, 2.05) is 0 Å². The van der Waals surface area contributed by atoms with Crippen LogP contribution < -0.4 is 4.90 Å². The van der Waals surface area contributed by atoms with Crippen molar-refractivity contribution < 1.29 is 19.4 Å². The standard InChI is InChI=1S/C11H10BrNO4/c1-6-9(10(14)15)13(11(16)17-6)8-4-2-3-7(12)5-8/h2-6,9H,1H3,(H,14,15). The van der Waals surface area contributed by atoms with Crippen molar-refractivity contribution in [1.82, 2.24) is 0 Å². The number of carboxylic acid groups (broad SMARTS) is 1. The summed E-state index contributed by atoms with van der Waals surface area (Å²) in [6, 6.07) is 5.88. The van der Waals surface area contributed by atoms with E-state index in [-0.39, 0.29) is 0 Å². The van der Waals surface area contributed by atoms with Gasteiger partial charge in [0.1, 0.15) is 6.10 Å². The molecule has 1 saturated heterocycles. The normalized spacial score (nSPS) is 23.6. The molecule has 0 saturated carbocycles. The van der Waals surface area contributed by atoms with Crippen molar-refractivity contribution in [2.24, 2.45) is 0 Å². The van der Waals surface area contributed by atoms with Gasteiger partial charge in [-0.25, -0.2) is 9.59 Å². The van der Waals surface area contributed by atoms with Gasteiger partial charge in [0.25, 0.3) is 0 Å². The first-order chi connectivity index (χ1) is 8.00. The minimum absolute atomic E-state index is 0.501. The summed E-state index contributed by atoms with van der Waals surface area (Å²) < 4.78 is 5.70. The first kappa shape index (κ1) is 11.9. The van der Waals surface area contributed by atoms with Crippen molar-refractivity contribution in [3.05, 3.63) is 28.7 Å². The summed E-state index contributed by atoms with van der Waals surface area (Å²) in [6.07, 6.45) is -1.30. The molecule has 1 aromatic carbocycles. The lowest BCUT2D eigenvalue weighted by Gasteiger charge is -2.19. The molecule has 0 bridgehead atoms. The Bertz CT molecular complexity index is 476. The first-order valence-electron chi connectivity index (χ1n) is 4.99. The van der Waals surface area contributed by atoms with Gasteiger partial charge in [-0.15, -0.1) is 0 Å². The molecule has 1 aromatic rings. The highest BCUT2D eigenvalue weighted by Crippen LogP contribution is 2.28. The molecule has 0 aromatic heterocycles. The second-order valence-electron chi connectivity index (χ2n) is 3.72. The molecular formula is C11H10BrNO4. The van der Waals surface area contributed by atoms with E-state index in [0.717, 1.165) is 9.37 Å². The number of anilines is 1. The zero-order chi connectivity index (χ0) is 12.6. The van der Waals surface area contributed by atoms with E-state index in [2.05, 4.69) is 15.9 Å². The van der Waals surface area contributed by atoms with Crippen LogP contribution in [-0.2, 0) is 9.53 Å². The van der Waals surface area contributed by atoms with E-state index >= 15 is 0 Å². The molecule has 5 nitrogen and oxygen atoms in total. The Labute approximate surface area is 106 Å². The van der Waals surface area contributed by atoms with Crippen LogP contribution in [-0.4, -0.2) is 29.3 Å². The lowest BCUT2D eigenvalue weighted by Crippen LogP contribution is -2.42. The number of aliphatic carboxylic acids is 1. The summed E-state index contributed by atoms with van der Waals surface area (Å²) in [5.74, 6) is -1.08. The highest BCUT2D eigenvalue weighted by atomic mass is 79.9. The fourth-order valence-electron chi connectivity index (χ4n) is 1.81. The Morgan fingerprint density at radius 3 is 2.82 bits per heavy atom. The van der Waals surface area contributed by atoms with Crippen LogP contribution in [0.1, 0.15) is 6.92 Å². The molecule has 1 amide bonds. The van der Waals surface area contributed by atoms with Crippen molar-refractivity contribution in [2.75, 3.05) is 4.90 Å². The number of benzene rings is 1. The summed E-state index contributed by atoms with van der Waals surface area (Å²) >= 11 is 3.28. The smallest absolute Gasteiger partial charge is 0.415 e. The number of nitrogens with zero attached hydrogens (tertiary/aromatic N) is 1. The lowest BCUT2D eigenvalue weighted by molar-refractivity contribution is -0.139. The van der Waals surface area contributed by atoms with Crippen LogP contribution in [0.4, 0.5) is 10.5 Å². The van der Waals surface area contributed by atoms with Crippen molar-refractivity contribution in [1.29, 1.82) is 0 Å². The number of rotatable bonds is 2. The molecule has 2 rings (SSSR count). The number of ether oxygens (including phenoxy) is 1. The summed E-state index contributed by atoms with van der Waals surface area (Å²) in [6.45, 7) is 1.56. The Balaban J connectivity index is 2.41. The average Bonchev–Trinajstić information content (AvgIpc) is 2.53. The predicted molar refractivity (Wildman–Crippen MR) is 64.0 cm³/mol. The number of carbonyl (C=O) groups excluding carboxylic acids is 1. The summed E-state index contributed by atoms with van der Waals surface area (Å²) in [5, 5.41) is 9.12. The number of halogens is 1. The van der Waals surface area contributed by atoms with E-state index in [1.165, 1.54) is 0 Å². The average molecular weight is 300 g/mol. The third-order valence-electron chi connectivity index (χ3n) is 2.55. The zero-order valence-corrected chi connectivity index (χ0v) is 10.5. The van der Waals surface area contributed by atoms with Gasteiger partial charge in [-0.05, 0) is 25.1 Å². The van der Waals surface area contributed by atoms with Crippen molar-refractivity contribution in [3.8, 4) is 0 Å². The quantitative estimate of drug-likeness (QED) is 0.909. The first-order valence-corrected chi connectivity index (χ1v) is 5.78. The molecular weight excluding hydrogens is 290 g/mol. The number of cyclic esters (lactones) is 1. The van der Waals surface area contributed by atoms with Crippen LogP contribution in [0.25, 0.3) is 0 Å². The Morgan fingerprint density at radius 1 is 1.53 bits per heavy atom. The van der Waals surface area contributed by atoms with Gasteiger partial charge in [-0.3, -0.25) is 4.90 Å². The molecule has 1 heterocycles. The van der Waals surface area contributed by atoms with Crippen LogP contribution in [0.15, 0.2) is 28.7 Å². The highest BCUT2D eigenvalue weighted by molar-refractivity contribution is 9.10. The highest BCUT2D eigenvalue weighted by Gasteiger charge is 2.44. The van der Waals surface area contributed by atoms with E-state index in [9.17, 15) is 9.59 Å². The zero-order valence-electron chi connectivity index (χ0n) is 8.96. The number of carboxylic acids is 1. The van der Waals surface area contributed by atoms with Crippen LogP contribution in [0.2, 0.25) is 0 Å². The summed E-state index contributed by atoms with van der Waals surface area (Å²) in [7, 11) is 0. The van der Waals surface area contributed by atoms with Crippen LogP contribution in [0.5, 0.6) is 0 Å². The number of amides is 1. The van der Waals surface area contributed by atoms with Gasteiger partial charge >= 0.3 is 12.1 Å². The van der Waals surface area contributed by atoms with Gasteiger partial charge in [-0.1, -0.05) is 22.0 Å². The van der Waals surface area contributed by atoms with E-state index in [4.69, 9.17) is 9.84 Å². The van der Waals surface area contributed by atoms with E-state index in [1.54, 1.807) is 31.2 Å². The largest absolute Gasteiger partial charge is 0.480 e. The van der Waals surface area contributed by atoms with Crippen molar-refractivity contribution in [2.45, 2.75) is 19.1 Å². The van der Waals surface area contributed by atoms with E-state index in [0.29, 0.717) is 5.69 Å². The fourth-order valence-corrected chi connectivity index (χ4v) is 2.19. The Morgan fingerprint density at radius 2 is 2.24 bits per heavy atom. The second-order valence-corrected chi connectivity index (χ2v) is 4.64. The molecule has 0 spiro atoms. The Kier molecular flexibility index (Phi) is 3.06. The minimum atomic E-state index is -1.08. The molecule has 1 aliphatic heterocycles. The summed E-state index contributed by atoms with van der Waals surface area (Å²) in [4.78, 5) is 23.9. The van der Waals surface area contributed by atoms with Crippen LogP contribution in [0, 0.1) is 0 Å². The van der Waals surface area contributed by atoms with Gasteiger partial charge in [-0.2, -0.15) is 0 Å². The predicted octanol–water partition coefficient (Wildman–Crippen LogP) is 2.25. The van der Waals surface area contributed by atoms with Gasteiger partial charge in [0.15, 0.2) is 6.04 Å². The Hall–Kier alpha value is -1.56. The monoisotopic (exact) mass is 299 g/mol. The van der Waals surface area contributed by atoms with Crippen LogP contribution >= 0.6 is 15.9 Å². The third-order valence-corrected chi connectivity index (χ3v) is 3.04. The maximum Gasteiger partial charge on any atom is 0.415 e. The molecule has 1 fully saturated rings. The molecule has 2 unspecified atom stereocenters. The molecule has 1 N–H and O–H groups in total. The van der Waals surface area contributed by atoms with Crippen molar-refractivity contribution >= 4 is 33.7 Å².